The summed E-state index contributed by atoms with van der Waals surface area (Å²) in [5.41, 5.74) is 3.82. The minimum absolute atomic E-state index is 0.126. The molecule has 1 amide bonds. The molecule has 172 valence electrons. The lowest BCUT2D eigenvalue weighted by Gasteiger charge is -2.21. The molecule has 0 aromatic heterocycles. The van der Waals surface area contributed by atoms with Crippen LogP contribution in [0, 0.1) is 5.92 Å². The number of carbonyl (C=O) groups is 3. The van der Waals surface area contributed by atoms with Crippen LogP contribution >= 0.6 is 0 Å². The van der Waals surface area contributed by atoms with Crippen LogP contribution in [-0.2, 0) is 11.2 Å². The Labute approximate surface area is 193 Å². The van der Waals surface area contributed by atoms with Crippen molar-refractivity contribution in [3.8, 4) is 11.1 Å². The summed E-state index contributed by atoms with van der Waals surface area (Å²) in [5.74, 6) is -1.52. The molecule has 0 radical (unpaired) electrons. The van der Waals surface area contributed by atoms with Crippen molar-refractivity contribution in [2.75, 3.05) is 7.11 Å². The molecular weight excluding hydrogens is 418 g/mol. The summed E-state index contributed by atoms with van der Waals surface area (Å²) >= 11 is 0. The Bertz CT molecular complexity index is 1030. The first-order valence-corrected chi connectivity index (χ1v) is 10.6. The van der Waals surface area contributed by atoms with E-state index >= 15 is 0 Å². The van der Waals surface area contributed by atoms with E-state index in [0.29, 0.717) is 18.4 Å². The molecule has 3 rings (SSSR count). The molecular formula is C27H29NO5. The van der Waals surface area contributed by atoms with Crippen LogP contribution in [0.25, 0.3) is 11.1 Å². The fraction of sp³-hybridized carbons (Fsp3) is 0.222. The number of carboxylic acids is 1. The maximum Gasteiger partial charge on any atom is 0.335 e. The molecule has 3 aromatic rings. The van der Waals surface area contributed by atoms with E-state index in [1.165, 1.54) is 24.3 Å². The monoisotopic (exact) mass is 447 g/mol. The zero-order valence-corrected chi connectivity index (χ0v) is 18.8. The quantitative estimate of drug-likeness (QED) is 0.426. The first kappa shape index (κ1) is 25.5. The number of amides is 1. The Hall–Kier alpha value is -3.77. The zero-order chi connectivity index (χ0) is 24.2. The van der Waals surface area contributed by atoms with Gasteiger partial charge in [-0.25, -0.2) is 4.79 Å². The van der Waals surface area contributed by atoms with E-state index in [4.69, 9.17) is 10.2 Å². The molecule has 0 spiro atoms. The van der Waals surface area contributed by atoms with Gasteiger partial charge in [-0.3, -0.25) is 4.79 Å². The van der Waals surface area contributed by atoms with Gasteiger partial charge in [0, 0.05) is 24.6 Å². The van der Waals surface area contributed by atoms with Crippen molar-refractivity contribution in [3.05, 3.63) is 95.6 Å². The van der Waals surface area contributed by atoms with Crippen LogP contribution in [-0.4, -0.2) is 41.5 Å². The van der Waals surface area contributed by atoms with Crippen molar-refractivity contribution in [2.24, 2.45) is 5.92 Å². The minimum atomic E-state index is -1.04. The number of carboxylic acid groups (broad SMARTS) is 1. The minimum Gasteiger partial charge on any atom is -0.478 e. The third-order valence-corrected chi connectivity index (χ3v) is 5.16. The summed E-state index contributed by atoms with van der Waals surface area (Å²) < 4.78 is 0. The smallest absolute Gasteiger partial charge is 0.335 e. The van der Waals surface area contributed by atoms with Gasteiger partial charge in [0.2, 0.25) is 0 Å². The maximum absolute atomic E-state index is 12.7. The molecule has 2 atom stereocenters. The SMILES string of the molecule is CO.C[C@@H](C=O)C[C@@H](Cc1ccc(-c2ccccc2)cc1)NC(=O)c1ccc(C(=O)O)cc1. The van der Waals surface area contributed by atoms with Gasteiger partial charge in [0.25, 0.3) is 5.91 Å². The maximum atomic E-state index is 12.7. The molecule has 0 saturated carbocycles. The molecule has 0 aliphatic carbocycles. The van der Waals surface area contributed by atoms with E-state index in [9.17, 15) is 14.4 Å². The van der Waals surface area contributed by atoms with Gasteiger partial charge in [-0.15, -0.1) is 0 Å². The number of aliphatic hydroxyl groups is 1. The van der Waals surface area contributed by atoms with Crippen LogP contribution in [0.4, 0.5) is 0 Å². The van der Waals surface area contributed by atoms with Gasteiger partial charge >= 0.3 is 5.97 Å². The largest absolute Gasteiger partial charge is 0.478 e. The fourth-order valence-corrected chi connectivity index (χ4v) is 3.48. The predicted octanol–water partition coefficient (Wildman–Crippen LogP) is 4.23. The van der Waals surface area contributed by atoms with Crippen LogP contribution in [0.3, 0.4) is 0 Å². The van der Waals surface area contributed by atoms with Gasteiger partial charge in [0.1, 0.15) is 6.29 Å². The molecule has 3 aromatic carbocycles. The number of hydrogen-bond donors (Lipinski definition) is 3. The number of aliphatic hydroxyl groups excluding tert-OH is 1. The van der Waals surface area contributed by atoms with E-state index in [1.54, 1.807) is 0 Å². The molecule has 0 unspecified atom stereocenters. The number of carbonyl (C=O) groups excluding carboxylic acids is 2. The second-order valence-corrected chi connectivity index (χ2v) is 7.67. The highest BCUT2D eigenvalue weighted by Gasteiger charge is 2.18. The highest BCUT2D eigenvalue weighted by Crippen LogP contribution is 2.20. The lowest BCUT2D eigenvalue weighted by Crippen LogP contribution is -2.37. The topological polar surface area (TPSA) is 104 Å². The van der Waals surface area contributed by atoms with Gasteiger partial charge in [0.15, 0.2) is 0 Å². The average molecular weight is 448 g/mol. The molecule has 0 aliphatic heterocycles. The zero-order valence-electron chi connectivity index (χ0n) is 18.8. The Morgan fingerprint density at radius 3 is 1.94 bits per heavy atom. The third-order valence-electron chi connectivity index (χ3n) is 5.16. The molecule has 3 N–H and O–H groups in total. The summed E-state index contributed by atoms with van der Waals surface area (Å²) in [6.07, 6.45) is 1.99. The third kappa shape index (κ3) is 7.70. The summed E-state index contributed by atoms with van der Waals surface area (Å²) in [4.78, 5) is 34.9. The highest BCUT2D eigenvalue weighted by atomic mass is 16.4. The van der Waals surface area contributed by atoms with Gasteiger partial charge < -0.3 is 20.3 Å². The number of aldehydes is 1. The summed E-state index contributed by atoms with van der Waals surface area (Å²) in [5, 5.41) is 19.0. The number of nitrogens with one attached hydrogen (secondary N) is 1. The van der Waals surface area contributed by atoms with E-state index in [-0.39, 0.29) is 23.4 Å². The number of benzene rings is 3. The lowest BCUT2D eigenvalue weighted by atomic mass is 9.95. The van der Waals surface area contributed by atoms with Gasteiger partial charge in [-0.05, 0) is 53.8 Å². The van der Waals surface area contributed by atoms with Crippen molar-refractivity contribution < 1.29 is 24.6 Å². The molecule has 6 nitrogen and oxygen atoms in total. The van der Waals surface area contributed by atoms with Crippen molar-refractivity contribution in [1.82, 2.24) is 5.32 Å². The van der Waals surface area contributed by atoms with Crippen LogP contribution in [0.5, 0.6) is 0 Å². The van der Waals surface area contributed by atoms with Crippen LogP contribution in [0.2, 0.25) is 0 Å². The first-order chi connectivity index (χ1) is 16.0. The number of rotatable bonds is 9. The van der Waals surface area contributed by atoms with Crippen molar-refractivity contribution in [1.29, 1.82) is 0 Å². The molecule has 0 saturated heterocycles. The first-order valence-electron chi connectivity index (χ1n) is 10.6. The van der Waals surface area contributed by atoms with E-state index in [1.807, 2.05) is 37.3 Å². The van der Waals surface area contributed by atoms with Gasteiger partial charge in [-0.2, -0.15) is 0 Å². The Balaban J connectivity index is 0.00000187. The Kier molecular flexibility index (Phi) is 9.99. The summed E-state index contributed by atoms with van der Waals surface area (Å²) in [6.45, 7) is 1.83. The van der Waals surface area contributed by atoms with Crippen LogP contribution in [0.1, 0.15) is 39.6 Å². The molecule has 6 heteroatoms. The number of aromatic carboxylic acids is 1. The molecule has 0 fully saturated rings. The summed E-state index contributed by atoms with van der Waals surface area (Å²) in [6, 6.07) is 23.8. The summed E-state index contributed by atoms with van der Waals surface area (Å²) in [7, 11) is 1.00. The fourth-order valence-electron chi connectivity index (χ4n) is 3.48. The Morgan fingerprint density at radius 1 is 0.848 bits per heavy atom. The molecule has 0 aliphatic rings. The predicted molar refractivity (Wildman–Crippen MR) is 128 cm³/mol. The van der Waals surface area contributed by atoms with E-state index in [2.05, 4.69) is 29.6 Å². The molecule has 0 bridgehead atoms. The van der Waals surface area contributed by atoms with Gasteiger partial charge in [0.05, 0.1) is 5.56 Å². The molecule has 0 heterocycles. The average Bonchev–Trinajstić information content (AvgIpc) is 2.86. The standard InChI is InChI=1S/C26H25NO4.CH4O/c1-18(17-28)15-24(27-25(29)22-11-13-23(14-12-22)26(30)31)16-19-7-9-21(10-8-19)20-5-3-2-4-6-20;1-2/h2-14,17-18,24H,15-16H2,1H3,(H,27,29)(H,30,31);2H,1H3/t18-,24+;/m1./s1. The Morgan fingerprint density at radius 2 is 1.39 bits per heavy atom. The molecule has 33 heavy (non-hydrogen) atoms. The second kappa shape index (κ2) is 12.9. The second-order valence-electron chi connectivity index (χ2n) is 7.67. The number of hydrogen-bond acceptors (Lipinski definition) is 4. The van der Waals surface area contributed by atoms with Crippen LogP contribution < -0.4 is 5.32 Å². The van der Waals surface area contributed by atoms with Crippen molar-refractivity contribution in [3.63, 3.8) is 0 Å². The van der Waals surface area contributed by atoms with Crippen molar-refractivity contribution in [2.45, 2.75) is 25.8 Å². The van der Waals surface area contributed by atoms with E-state index < -0.39 is 5.97 Å². The normalized spacial score (nSPS) is 12.0. The van der Waals surface area contributed by atoms with Crippen LogP contribution in [0.15, 0.2) is 78.9 Å². The highest BCUT2D eigenvalue weighted by molar-refractivity contribution is 5.96. The van der Waals surface area contributed by atoms with Crippen molar-refractivity contribution >= 4 is 18.2 Å². The van der Waals surface area contributed by atoms with E-state index in [0.717, 1.165) is 30.1 Å². The lowest BCUT2D eigenvalue weighted by molar-refractivity contribution is -0.111. The van der Waals surface area contributed by atoms with Gasteiger partial charge in [-0.1, -0.05) is 61.5 Å².